The van der Waals surface area contributed by atoms with Crippen LogP contribution in [0.4, 0.5) is 11.6 Å². The maximum absolute atomic E-state index is 12.6. The molecule has 0 spiro atoms. The summed E-state index contributed by atoms with van der Waals surface area (Å²) in [5.74, 6) is 0.622. The van der Waals surface area contributed by atoms with E-state index >= 15 is 0 Å². The molecule has 1 heterocycles. The van der Waals surface area contributed by atoms with Crippen LogP contribution < -0.4 is 14.8 Å². The van der Waals surface area contributed by atoms with E-state index in [4.69, 9.17) is 4.74 Å². The van der Waals surface area contributed by atoms with Gasteiger partial charge in [-0.3, -0.25) is 4.79 Å². The predicted octanol–water partition coefficient (Wildman–Crippen LogP) is 4.99. The molecule has 0 bridgehead atoms. The second kappa shape index (κ2) is 10.9. The fourth-order valence-corrected chi connectivity index (χ4v) is 4.31. The van der Waals surface area contributed by atoms with Gasteiger partial charge in [-0.25, -0.2) is 23.1 Å². The molecule has 2 N–H and O–H groups in total. The van der Waals surface area contributed by atoms with Crippen LogP contribution in [-0.2, 0) is 20.2 Å². The topological polar surface area (TPSA) is 110 Å². The van der Waals surface area contributed by atoms with Crippen LogP contribution in [0, 0.1) is 13.8 Å². The molecular weight excluding hydrogens is 464 g/mol. The monoisotopic (exact) mass is 496 g/mol. The molecule has 0 saturated heterocycles. The largest absolute Gasteiger partial charge is 0.494 e. The molecule has 186 valence electrons. The first-order chi connectivity index (χ1) is 16.4. The van der Waals surface area contributed by atoms with Gasteiger partial charge < -0.3 is 10.1 Å². The average molecular weight is 497 g/mol. The summed E-state index contributed by atoms with van der Waals surface area (Å²) in [5, 5.41) is 2.77. The minimum Gasteiger partial charge on any atom is -0.494 e. The third-order valence-electron chi connectivity index (χ3n) is 5.19. The lowest BCUT2D eigenvalue weighted by Gasteiger charge is -2.19. The molecule has 35 heavy (non-hydrogen) atoms. The van der Waals surface area contributed by atoms with E-state index in [1.54, 1.807) is 32.0 Å². The summed E-state index contributed by atoms with van der Waals surface area (Å²) in [6, 6.07) is 15.7. The Morgan fingerprint density at radius 1 is 0.943 bits per heavy atom. The quantitative estimate of drug-likeness (QED) is 0.404. The normalized spacial score (nSPS) is 11.7. The van der Waals surface area contributed by atoms with E-state index in [2.05, 4.69) is 52.9 Å². The zero-order valence-electron chi connectivity index (χ0n) is 20.8. The number of sulfonamides is 1. The van der Waals surface area contributed by atoms with Gasteiger partial charge >= 0.3 is 0 Å². The molecule has 0 unspecified atom stereocenters. The van der Waals surface area contributed by atoms with Crippen LogP contribution in [0.3, 0.4) is 0 Å². The predicted molar refractivity (Wildman–Crippen MR) is 137 cm³/mol. The number of carbonyl (C=O) groups excluding carboxylic acids is 1. The van der Waals surface area contributed by atoms with E-state index in [1.165, 1.54) is 17.7 Å². The zero-order valence-corrected chi connectivity index (χ0v) is 21.6. The van der Waals surface area contributed by atoms with Gasteiger partial charge in [-0.2, -0.15) is 0 Å². The molecule has 2 aromatic carbocycles. The molecule has 3 rings (SSSR count). The van der Waals surface area contributed by atoms with E-state index < -0.39 is 10.0 Å². The van der Waals surface area contributed by atoms with Crippen LogP contribution >= 0.6 is 0 Å². The third-order valence-corrected chi connectivity index (χ3v) is 6.54. The highest BCUT2D eigenvalue weighted by Gasteiger charge is 2.16. The molecule has 1 aromatic heterocycles. The van der Waals surface area contributed by atoms with Crippen molar-refractivity contribution in [2.45, 2.75) is 57.8 Å². The molecule has 0 atom stereocenters. The number of aryl methyl sites for hydroxylation is 2. The lowest BCUT2D eigenvalue weighted by Crippen LogP contribution is -2.16. The van der Waals surface area contributed by atoms with Crippen LogP contribution in [0.5, 0.6) is 5.75 Å². The molecular formula is C26H32N4O4S. The van der Waals surface area contributed by atoms with Crippen molar-refractivity contribution in [1.82, 2.24) is 9.97 Å². The summed E-state index contributed by atoms with van der Waals surface area (Å²) < 4.78 is 33.4. The first-order valence-electron chi connectivity index (χ1n) is 11.4. The summed E-state index contributed by atoms with van der Waals surface area (Å²) in [6.07, 6.45) is 0.838. The molecule has 1 amide bonds. The fraction of sp³-hybridized carbons (Fsp3) is 0.346. The Morgan fingerprint density at radius 2 is 1.54 bits per heavy atom. The number of aromatic nitrogens is 2. The standard InChI is InChI=1S/C26H32N4O4S/c1-18-17-19(2)28-25(27-18)30-35(32,33)23-14-10-21(11-15-23)29-24(31)7-6-16-34-22-12-8-20(9-13-22)26(3,4)5/h8-15,17H,6-7,16H2,1-5H3,(H,29,31)(H,27,28,30). The van der Waals surface area contributed by atoms with E-state index in [-0.39, 0.29) is 28.6 Å². The van der Waals surface area contributed by atoms with Gasteiger partial charge in [-0.15, -0.1) is 0 Å². The molecule has 0 fully saturated rings. The third kappa shape index (κ3) is 7.78. The highest BCUT2D eigenvalue weighted by Crippen LogP contribution is 2.24. The Balaban J connectivity index is 1.47. The molecule has 9 heteroatoms. The number of hydrogen-bond donors (Lipinski definition) is 2. The van der Waals surface area contributed by atoms with Crippen LogP contribution in [-0.4, -0.2) is 30.9 Å². The molecule has 8 nitrogen and oxygen atoms in total. The van der Waals surface area contributed by atoms with Gasteiger partial charge in [-0.05, 0) is 73.7 Å². The molecule has 0 aliphatic heterocycles. The average Bonchev–Trinajstić information content (AvgIpc) is 2.76. The van der Waals surface area contributed by atoms with Crippen LogP contribution in [0.2, 0.25) is 0 Å². The number of nitrogens with zero attached hydrogens (tertiary/aromatic N) is 2. The summed E-state index contributed by atoms with van der Waals surface area (Å²) >= 11 is 0. The first-order valence-corrected chi connectivity index (χ1v) is 12.9. The lowest BCUT2D eigenvalue weighted by atomic mass is 9.87. The van der Waals surface area contributed by atoms with Gasteiger partial charge in [0.1, 0.15) is 5.75 Å². The maximum Gasteiger partial charge on any atom is 0.264 e. The van der Waals surface area contributed by atoms with Crippen LogP contribution in [0.1, 0.15) is 50.6 Å². The van der Waals surface area contributed by atoms with Gasteiger partial charge in [0, 0.05) is 23.5 Å². The minimum absolute atomic E-state index is 0.0206. The number of amides is 1. The van der Waals surface area contributed by atoms with Gasteiger partial charge in [0.05, 0.1) is 11.5 Å². The fourth-order valence-electron chi connectivity index (χ4n) is 3.37. The van der Waals surface area contributed by atoms with Crippen molar-refractivity contribution in [3.05, 3.63) is 71.5 Å². The summed E-state index contributed by atoms with van der Waals surface area (Å²) in [7, 11) is -3.85. The Labute approximate surface area is 207 Å². The molecule has 0 radical (unpaired) electrons. The SMILES string of the molecule is Cc1cc(C)nc(NS(=O)(=O)c2ccc(NC(=O)CCCOc3ccc(C(C)(C)C)cc3)cc2)n1. The maximum atomic E-state index is 12.6. The number of nitrogens with one attached hydrogen (secondary N) is 2. The van der Waals surface area contributed by atoms with Crippen LogP contribution in [0.15, 0.2) is 59.5 Å². The van der Waals surface area contributed by atoms with Crippen molar-refractivity contribution in [2.24, 2.45) is 0 Å². The minimum atomic E-state index is -3.85. The smallest absolute Gasteiger partial charge is 0.264 e. The summed E-state index contributed by atoms with van der Waals surface area (Å²) in [6.45, 7) is 10.4. The summed E-state index contributed by atoms with van der Waals surface area (Å²) in [4.78, 5) is 20.5. The van der Waals surface area contributed by atoms with Crippen molar-refractivity contribution < 1.29 is 17.9 Å². The van der Waals surface area contributed by atoms with Crippen molar-refractivity contribution >= 4 is 27.6 Å². The Bertz CT molecular complexity index is 1250. The second-order valence-corrected chi connectivity index (χ2v) is 11.1. The van der Waals surface area contributed by atoms with Crippen molar-refractivity contribution in [2.75, 3.05) is 16.6 Å². The van der Waals surface area contributed by atoms with Crippen molar-refractivity contribution in [1.29, 1.82) is 0 Å². The van der Waals surface area contributed by atoms with E-state index in [0.29, 0.717) is 30.1 Å². The van der Waals surface area contributed by atoms with Gasteiger partial charge in [0.2, 0.25) is 11.9 Å². The Kier molecular flexibility index (Phi) is 8.11. The first kappa shape index (κ1) is 26.2. The zero-order chi connectivity index (χ0) is 25.6. The van der Waals surface area contributed by atoms with Crippen molar-refractivity contribution in [3.63, 3.8) is 0 Å². The van der Waals surface area contributed by atoms with E-state index in [9.17, 15) is 13.2 Å². The number of anilines is 2. The van der Waals surface area contributed by atoms with E-state index in [1.807, 2.05) is 12.1 Å². The number of rotatable bonds is 9. The van der Waals surface area contributed by atoms with Crippen molar-refractivity contribution in [3.8, 4) is 5.75 Å². The Morgan fingerprint density at radius 3 is 2.11 bits per heavy atom. The van der Waals surface area contributed by atoms with Gasteiger partial charge in [0.25, 0.3) is 10.0 Å². The van der Waals surface area contributed by atoms with Gasteiger partial charge in [0.15, 0.2) is 0 Å². The molecule has 0 saturated carbocycles. The number of benzene rings is 2. The number of carbonyl (C=O) groups is 1. The molecule has 0 aliphatic carbocycles. The highest BCUT2D eigenvalue weighted by molar-refractivity contribution is 7.92. The van der Waals surface area contributed by atoms with Crippen LogP contribution in [0.25, 0.3) is 0 Å². The Hall–Kier alpha value is -3.46. The van der Waals surface area contributed by atoms with E-state index in [0.717, 1.165) is 5.75 Å². The second-order valence-electron chi connectivity index (χ2n) is 9.38. The highest BCUT2D eigenvalue weighted by atomic mass is 32.2. The lowest BCUT2D eigenvalue weighted by molar-refractivity contribution is -0.116. The van der Waals surface area contributed by atoms with Gasteiger partial charge in [-0.1, -0.05) is 32.9 Å². The molecule has 3 aromatic rings. The number of ether oxygens (including phenoxy) is 1. The number of hydrogen-bond acceptors (Lipinski definition) is 6. The summed E-state index contributed by atoms with van der Waals surface area (Å²) in [5.41, 5.74) is 3.16. The molecule has 0 aliphatic rings.